The maximum atomic E-state index is 3.69. The Hall–Kier alpha value is -0.500. The zero-order chi connectivity index (χ0) is 12.4. The molecule has 1 fully saturated rings. The van der Waals surface area contributed by atoms with Gasteiger partial charge >= 0.3 is 0 Å². The predicted molar refractivity (Wildman–Crippen MR) is 78.5 cm³/mol. The molecule has 0 heterocycles. The van der Waals surface area contributed by atoms with Gasteiger partial charge in [-0.25, -0.2) is 0 Å². The van der Waals surface area contributed by atoms with Crippen LogP contribution in [0.4, 0.5) is 5.69 Å². The lowest BCUT2D eigenvalue weighted by Crippen LogP contribution is -2.30. The minimum atomic E-state index is 0.632. The van der Waals surface area contributed by atoms with Crippen LogP contribution in [0.15, 0.2) is 22.7 Å². The van der Waals surface area contributed by atoms with E-state index in [4.69, 9.17) is 0 Å². The molecular formula is C15H22BrN. The molecule has 0 bridgehead atoms. The van der Waals surface area contributed by atoms with Gasteiger partial charge in [-0.2, -0.15) is 0 Å². The molecule has 0 spiro atoms. The van der Waals surface area contributed by atoms with Gasteiger partial charge in [0.25, 0.3) is 0 Å². The van der Waals surface area contributed by atoms with Crippen molar-refractivity contribution in [3.05, 3.63) is 28.2 Å². The molecule has 0 aromatic heterocycles. The predicted octanol–water partition coefficient (Wildman–Crippen LogP) is 4.99. The summed E-state index contributed by atoms with van der Waals surface area (Å²) in [6.07, 6.45) is 3.97. The third-order valence-corrected chi connectivity index (χ3v) is 4.32. The molecule has 1 nitrogen and oxygen atoms in total. The van der Waals surface area contributed by atoms with E-state index in [0.717, 1.165) is 11.8 Å². The minimum Gasteiger partial charge on any atom is -0.381 e. The third kappa shape index (κ3) is 3.48. The van der Waals surface area contributed by atoms with Gasteiger partial charge in [-0.1, -0.05) is 19.9 Å². The Morgan fingerprint density at radius 2 is 1.76 bits per heavy atom. The number of benzene rings is 1. The van der Waals surface area contributed by atoms with Crippen LogP contribution in [0.25, 0.3) is 0 Å². The van der Waals surface area contributed by atoms with Crippen molar-refractivity contribution in [3.8, 4) is 0 Å². The van der Waals surface area contributed by atoms with E-state index >= 15 is 0 Å². The van der Waals surface area contributed by atoms with Gasteiger partial charge in [0.05, 0.1) is 0 Å². The van der Waals surface area contributed by atoms with E-state index in [9.17, 15) is 0 Å². The highest BCUT2D eigenvalue weighted by Crippen LogP contribution is 2.32. The normalized spacial score (nSPS) is 29.1. The van der Waals surface area contributed by atoms with Gasteiger partial charge in [0.15, 0.2) is 0 Å². The first-order chi connectivity index (χ1) is 8.04. The molecule has 1 aliphatic rings. The van der Waals surface area contributed by atoms with Gasteiger partial charge in [-0.15, -0.1) is 0 Å². The van der Waals surface area contributed by atoms with Crippen molar-refractivity contribution in [2.45, 2.75) is 46.1 Å². The molecule has 0 saturated heterocycles. The Labute approximate surface area is 113 Å². The Bertz CT molecular complexity index is 379. The fourth-order valence-corrected chi connectivity index (χ4v) is 3.63. The van der Waals surface area contributed by atoms with E-state index in [1.807, 2.05) is 0 Å². The van der Waals surface area contributed by atoms with Crippen molar-refractivity contribution in [1.82, 2.24) is 0 Å². The average Bonchev–Trinajstić information content (AvgIpc) is 2.21. The Morgan fingerprint density at radius 3 is 2.35 bits per heavy atom. The zero-order valence-electron chi connectivity index (χ0n) is 11.0. The number of rotatable bonds is 2. The number of hydrogen-bond acceptors (Lipinski definition) is 1. The third-order valence-electron chi connectivity index (χ3n) is 3.66. The highest BCUT2D eigenvalue weighted by molar-refractivity contribution is 9.10. The molecule has 1 N–H and O–H groups in total. The van der Waals surface area contributed by atoms with Crippen LogP contribution in [0, 0.1) is 18.8 Å². The largest absolute Gasteiger partial charge is 0.381 e. The quantitative estimate of drug-likeness (QED) is 0.810. The van der Waals surface area contributed by atoms with E-state index in [1.165, 1.54) is 35.0 Å². The van der Waals surface area contributed by atoms with Crippen molar-refractivity contribution in [1.29, 1.82) is 0 Å². The highest BCUT2D eigenvalue weighted by atomic mass is 79.9. The minimum absolute atomic E-state index is 0.632. The fraction of sp³-hybridized carbons (Fsp3) is 0.600. The van der Waals surface area contributed by atoms with Crippen LogP contribution in [0.5, 0.6) is 0 Å². The molecule has 2 rings (SSSR count). The van der Waals surface area contributed by atoms with Crippen molar-refractivity contribution >= 4 is 21.6 Å². The molecule has 2 atom stereocenters. The molecule has 1 aliphatic carbocycles. The fourth-order valence-electron chi connectivity index (χ4n) is 3.02. The lowest BCUT2D eigenvalue weighted by Gasteiger charge is -2.32. The number of nitrogens with one attached hydrogen (secondary N) is 1. The molecule has 1 saturated carbocycles. The number of anilines is 1. The summed E-state index contributed by atoms with van der Waals surface area (Å²) in [4.78, 5) is 0. The van der Waals surface area contributed by atoms with E-state index in [2.05, 4.69) is 60.2 Å². The first kappa shape index (κ1) is 12.9. The SMILES string of the molecule is Cc1ccc(NC2CC(C)CC(C)C2)c(Br)c1. The lowest BCUT2D eigenvalue weighted by atomic mass is 9.80. The lowest BCUT2D eigenvalue weighted by molar-refractivity contribution is 0.281. The number of halogens is 1. The van der Waals surface area contributed by atoms with Crippen LogP contribution in [0.3, 0.4) is 0 Å². The first-order valence-corrected chi connectivity index (χ1v) is 7.36. The average molecular weight is 296 g/mol. The van der Waals surface area contributed by atoms with Crippen LogP contribution >= 0.6 is 15.9 Å². The van der Waals surface area contributed by atoms with Crippen LogP contribution in [0.1, 0.15) is 38.7 Å². The van der Waals surface area contributed by atoms with Gasteiger partial charge in [0, 0.05) is 16.2 Å². The van der Waals surface area contributed by atoms with Crippen LogP contribution in [-0.4, -0.2) is 6.04 Å². The van der Waals surface area contributed by atoms with E-state index in [1.54, 1.807) is 0 Å². The maximum absolute atomic E-state index is 3.69. The topological polar surface area (TPSA) is 12.0 Å². The second-order valence-electron chi connectivity index (χ2n) is 5.74. The zero-order valence-corrected chi connectivity index (χ0v) is 12.5. The van der Waals surface area contributed by atoms with E-state index < -0.39 is 0 Å². The number of aryl methyl sites for hydroxylation is 1. The van der Waals surface area contributed by atoms with Crippen LogP contribution < -0.4 is 5.32 Å². The molecule has 94 valence electrons. The Kier molecular flexibility index (Phi) is 4.13. The molecule has 0 radical (unpaired) electrons. The van der Waals surface area contributed by atoms with Gasteiger partial charge in [-0.05, 0) is 71.6 Å². The molecule has 2 unspecified atom stereocenters. The second-order valence-corrected chi connectivity index (χ2v) is 6.60. The van der Waals surface area contributed by atoms with Crippen LogP contribution in [0.2, 0.25) is 0 Å². The van der Waals surface area contributed by atoms with Gasteiger partial charge < -0.3 is 5.32 Å². The second kappa shape index (κ2) is 5.43. The summed E-state index contributed by atoms with van der Waals surface area (Å²) in [6.45, 7) is 6.86. The monoisotopic (exact) mass is 295 g/mol. The Balaban J connectivity index is 2.04. The Morgan fingerprint density at radius 1 is 1.12 bits per heavy atom. The smallest absolute Gasteiger partial charge is 0.0486 e. The van der Waals surface area contributed by atoms with Gasteiger partial charge in [0.1, 0.15) is 0 Å². The molecule has 0 amide bonds. The summed E-state index contributed by atoms with van der Waals surface area (Å²) in [5.41, 5.74) is 2.54. The van der Waals surface area contributed by atoms with Crippen molar-refractivity contribution in [2.24, 2.45) is 11.8 Å². The van der Waals surface area contributed by atoms with Gasteiger partial charge in [-0.3, -0.25) is 0 Å². The summed E-state index contributed by atoms with van der Waals surface area (Å²) in [5.74, 6) is 1.70. The van der Waals surface area contributed by atoms with Crippen molar-refractivity contribution in [2.75, 3.05) is 5.32 Å². The van der Waals surface area contributed by atoms with Crippen molar-refractivity contribution in [3.63, 3.8) is 0 Å². The standard InChI is InChI=1S/C15H22BrN/c1-10-4-5-15(14(16)9-10)17-13-7-11(2)6-12(3)8-13/h4-5,9,11-13,17H,6-8H2,1-3H3. The molecule has 0 aliphatic heterocycles. The van der Waals surface area contributed by atoms with Crippen molar-refractivity contribution < 1.29 is 0 Å². The summed E-state index contributed by atoms with van der Waals surface area (Å²) in [7, 11) is 0. The summed E-state index contributed by atoms with van der Waals surface area (Å²) in [5, 5.41) is 3.69. The van der Waals surface area contributed by atoms with E-state index in [-0.39, 0.29) is 0 Å². The molecule has 2 heteroatoms. The molecule has 17 heavy (non-hydrogen) atoms. The maximum Gasteiger partial charge on any atom is 0.0486 e. The van der Waals surface area contributed by atoms with Gasteiger partial charge in [0.2, 0.25) is 0 Å². The first-order valence-electron chi connectivity index (χ1n) is 6.57. The molecule has 1 aromatic carbocycles. The van der Waals surface area contributed by atoms with Crippen LogP contribution in [-0.2, 0) is 0 Å². The van der Waals surface area contributed by atoms with E-state index in [0.29, 0.717) is 6.04 Å². The summed E-state index contributed by atoms with van der Waals surface area (Å²) >= 11 is 3.64. The molecular weight excluding hydrogens is 274 g/mol. The summed E-state index contributed by atoms with van der Waals surface area (Å²) < 4.78 is 1.18. The highest BCUT2D eigenvalue weighted by Gasteiger charge is 2.23. The summed E-state index contributed by atoms with van der Waals surface area (Å²) in [6, 6.07) is 7.16. The number of hydrogen-bond donors (Lipinski definition) is 1. The molecule has 1 aromatic rings.